The van der Waals surface area contributed by atoms with Gasteiger partial charge in [-0.2, -0.15) is 0 Å². The van der Waals surface area contributed by atoms with Crippen LogP contribution in [0.1, 0.15) is 46.0 Å². The van der Waals surface area contributed by atoms with Crippen molar-refractivity contribution in [2.45, 2.75) is 33.8 Å². The van der Waals surface area contributed by atoms with E-state index in [0.29, 0.717) is 22.6 Å². The van der Waals surface area contributed by atoms with Crippen molar-refractivity contribution in [2.75, 3.05) is 6.61 Å². The smallest absolute Gasteiger partial charge is 0.347 e. The van der Waals surface area contributed by atoms with E-state index < -0.39 is 24.5 Å². The molecule has 6 heteroatoms. The van der Waals surface area contributed by atoms with E-state index in [-0.39, 0.29) is 11.5 Å². The van der Waals surface area contributed by atoms with E-state index in [4.69, 9.17) is 9.47 Å². The number of hydrogen-bond donors (Lipinski definition) is 1. The van der Waals surface area contributed by atoms with Crippen molar-refractivity contribution >= 4 is 17.5 Å². The Morgan fingerprint density at radius 3 is 2.32 bits per heavy atom. The van der Waals surface area contributed by atoms with E-state index in [9.17, 15) is 14.4 Å². The number of aryl methyl sites for hydroxylation is 1. The van der Waals surface area contributed by atoms with Gasteiger partial charge < -0.3 is 14.5 Å². The summed E-state index contributed by atoms with van der Waals surface area (Å²) in [7, 11) is 0. The number of ether oxygens (including phenoxy) is 2. The van der Waals surface area contributed by atoms with Gasteiger partial charge in [0.25, 0.3) is 0 Å². The number of aromatic amines is 1. The second-order valence-corrected chi connectivity index (χ2v) is 5.79. The summed E-state index contributed by atoms with van der Waals surface area (Å²) < 4.78 is 10.5. The molecule has 1 aromatic heterocycles. The fourth-order valence-corrected chi connectivity index (χ4v) is 2.63. The number of carbonyl (C=O) groups excluding carboxylic acids is 3. The first-order valence-corrected chi connectivity index (χ1v) is 7.93. The predicted molar refractivity (Wildman–Crippen MR) is 92.1 cm³/mol. The first kappa shape index (κ1) is 18.4. The van der Waals surface area contributed by atoms with Crippen LogP contribution in [-0.2, 0) is 9.53 Å². The van der Waals surface area contributed by atoms with E-state index >= 15 is 0 Å². The highest BCUT2D eigenvalue weighted by molar-refractivity contribution is 6.04. The molecule has 0 saturated carbocycles. The van der Waals surface area contributed by atoms with Crippen LogP contribution in [0.25, 0.3) is 0 Å². The molecule has 0 unspecified atom stereocenters. The second kappa shape index (κ2) is 7.79. The van der Waals surface area contributed by atoms with Crippen molar-refractivity contribution in [2.24, 2.45) is 0 Å². The number of ketones is 2. The molecule has 0 saturated heterocycles. The average Bonchev–Trinajstić information content (AvgIpc) is 2.87. The lowest BCUT2D eigenvalue weighted by Crippen LogP contribution is -2.28. The van der Waals surface area contributed by atoms with Crippen LogP contribution < -0.4 is 4.74 Å². The maximum atomic E-state index is 12.3. The maximum Gasteiger partial charge on any atom is 0.347 e. The van der Waals surface area contributed by atoms with Gasteiger partial charge in [0.15, 0.2) is 18.5 Å². The summed E-state index contributed by atoms with van der Waals surface area (Å²) in [6.07, 6.45) is -0.838. The normalized spacial score (nSPS) is 11.7. The van der Waals surface area contributed by atoms with Gasteiger partial charge in [-0.15, -0.1) is 0 Å². The van der Waals surface area contributed by atoms with Gasteiger partial charge in [-0.3, -0.25) is 9.59 Å². The Morgan fingerprint density at radius 1 is 1.12 bits per heavy atom. The molecule has 2 aromatic rings. The molecule has 0 spiro atoms. The Balaban J connectivity index is 1.96. The zero-order valence-corrected chi connectivity index (χ0v) is 14.7. The Labute approximate surface area is 146 Å². The molecule has 2 rings (SSSR count). The molecule has 1 heterocycles. The first-order valence-electron chi connectivity index (χ1n) is 7.93. The second-order valence-electron chi connectivity index (χ2n) is 5.79. The highest BCUT2D eigenvalue weighted by Gasteiger charge is 2.22. The molecule has 6 nitrogen and oxygen atoms in total. The molecule has 0 aliphatic carbocycles. The van der Waals surface area contributed by atoms with E-state index in [0.717, 1.165) is 0 Å². The third-order valence-corrected chi connectivity index (χ3v) is 3.80. The van der Waals surface area contributed by atoms with Crippen LogP contribution in [0.15, 0.2) is 30.3 Å². The van der Waals surface area contributed by atoms with E-state index in [2.05, 4.69) is 4.98 Å². The van der Waals surface area contributed by atoms with Crippen LogP contribution in [0.3, 0.4) is 0 Å². The van der Waals surface area contributed by atoms with Gasteiger partial charge in [0, 0.05) is 11.3 Å². The van der Waals surface area contributed by atoms with Gasteiger partial charge in [0.05, 0.1) is 5.69 Å². The van der Waals surface area contributed by atoms with Crippen LogP contribution in [0.2, 0.25) is 0 Å². The van der Waals surface area contributed by atoms with Crippen LogP contribution in [0.4, 0.5) is 0 Å². The van der Waals surface area contributed by atoms with Crippen LogP contribution >= 0.6 is 0 Å². The minimum atomic E-state index is -0.838. The molecule has 1 aromatic carbocycles. The van der Waals surface area contributed by atoms with E-state index in [1.165, 1.54) is 6.92 Å². The van der Waals surface area contributed by atoms with Crippen LogP contribution in [0, 0.1) is 13.8 Å². The number of para-hydroxylation sites is 1. The standard InChI is InChI=1S/C19H21NO5/c1-11-17(13(3)21)12(2)20-18(11)16(22)10-24-19(23)14(4)25-15-8-6-5-7-9-15/h5-9,14,20H,10H2,1-4H3/t14-/m1/s1. The van der Waals surface area contributed by atoms with Gasteiger partial charge in [0.1, 0.15) is 5.75 Å². The molecule has 0 fully saturated rings. The average molecular weight is 343 g/mol. The predicted octanol–water partition coefficient (Wildman–Crippen LogP) is 3.03. The Bertz CT molecular complexity index is 792. The first-order chi connectivity index (χ1) is 11.8. The molecule has 0 radical (unpaired) electrons. The number of carbonyl (C=O) groups is 3. The van der Waals surface area contributed by atoms with Crippen molar-refractivity contribution in [3.63, 3.8) is 0 Å². The summed E-state index contributed by atoms with van der Waals surface area (Å²) >= 11 is 0. The molecule has 0 aliphatic rings. The third-order valence-electron chi connectivity index (χ3n) is 3.80. The number of nitrogens with one attached hydrogen (secondary N) is 1. The minimum absolute atomic E-state index is 0.118. The van der Waals surface area contributed by atoms with Crippen molar-refractivity contribution < 1.29 is 23.9 Å². The monoisotopic (exact) mass is 343 g/mol. The highest BCUT2D eigenvalue weighted by Crippen LogP contribution is 2.19. The van der Waals surface area contributed by atoms with Crippen molar-refractivity contribution in [3.05, 3.63) is 52.8 Å². The highest BCUT2D eigenvalue weighted by atomic mass is 16.6. The van der Waals surface area contributed by atoms with Gasteiger partial charge in [0.2, 0.25) is 5.78 Å². The van der Waals surface area contributed by atoms with E-state index in [1.54, 1.807) is 45.0 Å². The summed E-state index contributed by atoms with van der Waals surface area (Å²) in [6, 6.07) is 8.87. The Morgan fingerprint density at radius 2 is 1.76 bits per heavy atom. The number of aromatic nitrogens is 1. The summed E-state index contributed by atoms with van der Waals surface area (Å²) in [5, 5.41) is 0. The van der Waals surface area contributed by atoms with Crippen molar-refractivity contribution in [1.29, 1.82) is 0 Å². The molecule has 0 aliphatic heterocycles. The molecule has 0 amide bonds. The number of H-pyrrole nitrogens is 1. The molecule has 132 valence electrons. The third kappa shape index (κ3) is 4.35. The largest absolute Gasteiger partial charge is 0.479 e. The summed E-state index contributed by atoms with van der Waals surface area (Å²) in [6.45, 7) is 6.00. The zero-order valence-electron chi connectivity index (χ0n) is 14.7. The lowest BCUT2D eigenvalue weighted by molar-refractivity contribution is -0.149. The fraction of sp³-hybridized carbons (Fsp3) is 0.316. The number of hydrogen-bond acceptors (Lipinski definition) is 5. The van der Waals surface area contributed by atoms with E-state index in [1.807, 2.05) is 6.07 Å². The molecule has 1 N–H and O–H groups in total. The van der Waals surface area contributed by atoms with Crippen LogP contribution in [-0.4, -0.2) is 35.2 Å². The molecule has 1 atom stereocenters. The van der Waals surface area contributed by atoms with Gasteiger partial charge >= 0.3 is 5.97 Å². The number of Topliss-reactive ketones (excluding diaryl/α,β-unsaturated/α-hetero) is 2. The quantitative estimate of drug-likeness (QED) is 0.617. The SMILES string of the molecule is CC(=O)c1c(C)[nH]c(C(=O)COC(=O)[C@@H](C)Oc2ccccc2)c1C. The molecular weight excluding hydrogens is 322 g/mol. The van der Waals surface area contributed by atoms with Gasteiger partial charge in [-0.05, 0) is 45.4 Å². The number of esters is 1. The summed E-state index contributed by atoms with van der Waals surface area (Å²) in [5.74, 6) is -0.606. The van der Waals surface area contributed by atoms with Crippen molar-refractivity contribution in [1.82, 2.24) is 4.98 Å². The molecule has 0 bridgehead atoms. The van der Waals surface area contributed by atoms with Gasteiger partial charge in [-0.1, -0.05) is 18.2 Å². The Kier molecular flexibility index (Phi) is 5.75. The van der Waals surface area contributed by atoms with Crippen molar-refractivity contribution in [3.8, 4) is 5.75 Å². The maximum absolute atomic E-state index is 12.3. The molecular formula is C19H21NO5. The Hall–Kier alpha value is -2.89. The lowest BCUT2D eigenvalue weighted by Gasteiger charge is -2.13. The molecule has 25 heavy (non-hydrogen) atoms. The summed E-state index contributed by atoms with van der Waals surface area (Å²) in [4.78, 5) is 38.8. The van der Waals surface area contributed by atoms with Gasteiger partial charge in [-0.25, -0.2) is 4.79 Å². The zero-order chi connectivity index (χ0) is 18.6. The lowest BCUT2D eigenvalue weighted by atomic mass is 10.1. The number of benzene rings is 1. The minimum Gasteiger partial charge on any atom is -0.479 e. The number of rotatable bonds is 7. The topological polar surface area (TPSA) is 85.5 Å². The fourth-order valence-electron chi connectivity index (χ4n) is 2.63. The summed E-state index contributed by atoms with van der Waals surface area (Å²) in [5.41, 5.74) is 1.97. The van der Waals surface area contributed by atoms with Crippen LogP contribution in [0.5, 0.6) is 5.75 Å².